The fraction of sp³-hybridized carbons (Fsp3) is 0.733. The Labute approximate surface area is 366 Å². The SMILES string of the molecule is CC[C@H]1OC(=O)/C=C/[C@H](C)[C@@H](O[C@@H]2O[C@H](C)[C@@H](OC(C)=O)[C@H](N(C)C)[C@H]2OC(C)=O)[C@@H](CC=O)C[C@@H](C)C(=O)/C=C/C(C)=C/[C@@H]1CO[C@@H]1O[C@H](C)[C@@H](OC(C)=O)[C@@H](OC)[C@H]1OC. The van der Waals surface area contributed by atoms with Crippen molar-refractivity contribution in [2.45, 2.75) is 155 Å². The predicted molar refractivity (Wildman–Crippen MR) is 223 cm³/mol. The molecule has 3 heterocycles. The Hall–Kier alpha value is -3.84. The molecule has 350 valence electrons. The molecule has 0 radical (unpaired) electrons. The zero-order valence-corrected chi connectivity index (χ0v) is 38.5. The Bertz CT molecular complexity index is 1610. The number of likely N-dealkylation sites (N-methyl/N-ethyl adjacent to an activating group) is 1. The van der Waals surface area contributed by atoms with Crippen molar-refractivity contribution in [3.63, 3.8) is 0 Å². The van der Waals surface area contributed by atoms with E-state index in [1.54, 1.807) is 58.8 Å². The first-order valence-corrected chi connectivity index (χ1v) is 21.3. The second kappa shape index (κ2) is 24.9. The summed E-state index contributed by atoms with van der Waals surface area (Å²) in [5, 5.41) is 0. The molecule has 0 aromatic heterocycles. The van der Waals surface area contributed by atoms with Gasteiger partial charge in [-0.05, 0) is 59.7 Å². The normalized spacial score (nSPS) is 38.2. The third-order valence-corrected chi connectivity index (χ3v) is 11.5. The molecule has 0 saturated carbocycles. The van der Waals surface area contributed by atoms with Crippen LogP contribution in [0.4, 0.5) is 0 Å². The van der Waals surface area contributed by atoms with Crippen LogP contribution in [-0.2, 0) is 76.1 Å². The number of ketones is 1. The van der Waals surface area contributed by atoms with Crippen molar-refractivity contribution in [2.75, 3.05) is 34.9 Å². The van der Waals surface area contributed by atoms with E-state index >= 15 is 0 Å². The standard InChI is InChI=1S/C45H69NO16/c1-14-35-33(23-55-44-43(54-13)42(53-12)40(28(6)56-44)59-30(8)49)21-24(2)15-17-34(51)26(4)22-32(19-20-47)38(25(3)16-18-36(52)61-35)62-45-41(60-31(9)50)37(46(10)11)39(27(5)57-45)58-29(7)48/h15-18,20-21,25-28,32-33,35,37-45H,14,19,22-23H2,1-13H3/b17-15+,18-16+,24-21+/t25-,26+,27+,28+,32-,33+,35+,37-,38+,39+,40+,41+,42+,43+,44+,45-/m0/s1. The number of esters is 4. The maximum absolute atomic E-state index is 13.7. The van der Waals surface area contributed by atoms with E-state index in [-0.39, 0.29) is 25.2 Å². The molecule has 16 atom stereocenters. The molecule has 0 aromatic rings. The van der Waals surface area contributed by atoms with E-state index in [4.69, 9.17) is 47.4 Å². The molecule has 0 aliphatic carbocycles. The summed E-state index contributed by atoms with van der Waals surface area (Å²) in [6.45, 7) is 14.6. The summed E-state index contributed by atoms with van der Waals surface area (Å²) >= 11 is 0. The van der Waals surface area contributed by atoms with Gasteiger partial charge < -0.3 is 52.2 Å². The van der Waals surface area contributed by atoms with Crippen molar-refractivity contribution in [1.82, 2.24) is 4.90 Å². The van der Waals surface area contributed by atoms with Crippen LogP contribution in [0.3, 0.4) is 0 Å². The minimum atomic E-state index is -1.20. The van der Waals surface area contributed by atoms with Crippen molar-refractivity contribution in [3.8, 4) is 0 Å². The molecular formula is C45H69NO16. The highest BCUT2D eigenvalue weighted by atomic mass is 16.7. The van der Waals surface area contributed by atoms with Crippen molar-refractivity contribution < 1.29 is 76.1 Å². The van der Waals surface area contributed by atoms with Gasteiger partial charge in [-0.1, -0.05) is 44.6 Å². The number of cyclic esters (lactones) is 1. The number of allylic oxidation sites excluding steroid dienone is 3. The van der Waals surface area contributed by atoms with Gasteiger partial charge in [0.2, 0.25) is 0 Å². The maximum Gasteiger partial charge on any atom is 0.330 e. The molecule has 0 aromatic carbocycles. The topological polar surface area (TPSA) is 198 Å². The van der Waals surface area contributed by atoms with Crippen LogP contribution >= 0.6 is 0 Å². The van der Waals surface area contributed by atoms with Crippen LogP contribution in [0.5, 0.6) is 0 Å². The zero-order chi connectivity index (χ0) is 46.4. The maximum atomic E-state index is 13.7. The molecule has 0 N–H and O–H groups in total. The van der Waals surface area contributed by atoms with E-state index in [0.29, 0.717) is 12.0 Å². The fourth-order valence-corrected chi connectivity index (χ4v) is 8.46. The lowest BCUT2D eigenvalue weighted by Crippen LogP contribution is -2.65. The molecule has 0 bridgehead atoms. The largest absolute Gasteiger partial charge is 0.459 e. The Balaban J connectivity index is 2.02. The highest BCUT2D eigenvalue weighted by molar-refractivity contribution is 5.91. The number of hydrogen-bond acceptors (Lipinski definition) is 17. The number of aldehydes is 1. The molecule has 0 spiro atoms. The first-order valence-electron chi connectivity index (χ1n) is 21.3. The minimum Gasteiger partial charge on any atom is -0.459 e. The van der Waals surface area contributed by atoms with Crippen LogP contribution in [0.25, 0.3) is 0 Å². The third kappa shape index (κ3) is 14.6. The molecular weight excluding hydrogens is 810 g/mol. The number of nitrogens with zero attached hydrogens (tertiary/aromatic N) is 1. The Morgan fingerprint density at radius 2 is 1.37 bits per heavy atom. The Morgan fingerprint density at radius 1 is 0.790 bits per heavy atom. The van der Waals surface area contributed by atoms with Gasteiger partial charge in [0.05, 0.1) is 31.0 Å². The van der Waals surface area contributed by atoms with Gasteiger partial charge in [0.15, 0.2) is 30.6 Å². The number of carbonyl (C=O) groups is 6. The second-order valence-electron chi connectivity index (χ2n) is 16.6. The van der Waals surface area contributed by atoms with Crippen molar-refractivity contribution in [2.24, 2.45) is 23.7 Å². The van der Waals surface area contributed by atoms with Crippen molar-refractivity contribution >= 4 is 35.9 Å². The predicted octanol–water partition coefficient (Wildman–Crippen LogP) is 4.08. The second-order valence-corrected chi connectivity index (χ2v) is 16.6. The van der Waals surface area contributed by atoms with E-state index in [1.165, 1.54) is 47.1 Å². The van der Waals surface area contributed by atoms with Gasteiger partial charge in [0, 0.05) is 65.2 Å². The number of hydrogen-bond donors (Lipinski definition) is 0. The van der Waals surface area contributed by atoms with Crippen LogP contribution in [0.1, 0.15) is 81.6 Å². The lowest BCUT2D eigenvalue weighted by molar-refractivity contribution is -0.306. The van der Waals surface area contributed by atoms with E-state index in [0.717, 1.165) is 6.29 Å². The highest BCUT2D eigenvalue weighted by Crippen LogP contribution is 2.35. The summed E-state index contributed by atoms with van der Waals surface area (Å²) in [4.78, 5) is 77.9. The quantitative estimate of drug-likeness (QED) is 0.137. The summed E-state index contributed by atoms with van der Waals surface area (Å²) < 4.78 is 60.0. The Morgan fingerprint density at radius 3 is 1.94 bits per heavy atom. The van der Waals surface area contributed by atoms with Crippen LogP contribution in [0, 0.1) is 23.7 Å². The molecule has 0 unspecified atom stereocenters. The number of carbonyl (C=O) groups excluding carboxylic acids is 6. The molecule has 3 aliphatic heterocycles. The fourth-order valence-electron chi connectivity index (χ4n) is 8.46. The van der Waals surface area contributed by atoms with Crippen LogP contribution < -0.4 is 0 Å². The lowest BCUT2D eigenvalue weighted by atomic mass is 9.81. The van der Waals surface area contributed by atoms with Crippen molar-refractivity contribution in [1.29, 1.82) is 0 Å². The van der Waals surface area contributed by atoms with Gasteiger partial charge in [-0.3, -0.25) is 24.1 Å². The van der Waals surface area contributed by atoms with Gasteiger partial charge in [0.1, 0.15) is 30.7 Å². The summed E-state index contributed by atoms with van der Waals surface area (Å²) in [7, 11) is 6.46. The molecule has 17 heteroatoms. The van der Waals surface area contributed by atoms with Gasteiger partial charge >= 0.3 is 23.9 Å². The number of rotatable bonds is 14. The van der Waals surface area contributed by atoms with Gasteiger partial charge in [-0.2, -0.15) is 0 Å². The first-order chi connectivity index (χ1) is 29.3. The minimum absolute atomic E-state index is 0.00376. The Kier molecular flexibility index (Phi) is 21.1. The van der Waals surface area contributed by atoms with Crippen LogP contribution in [0.15, 0.2) is 36.0 Å². The molecule has 2 fully saturated rings. The summed E-state index contributed by atoms with van der Waals surface area (Å²) in [5.41, 5.74) is 0.698. The average Bonchev–Trinajstić information content (AvgIpc) is 3.19. The lowest BCUT2D eigenvalue weighted by Gasteiger charge is -2.48. The third-order valence-electron chi connectivity index (χ3n) is 11.5. The summed E-state index contributed by atoms with van der Waals surface area (Å²) in [6.07, 6.45) is 0.151. The summed E-state index contributed by atoms with van der Waals surface area (Å²) in [5.74, 6) is -4.73. The van der Waals surface area contributed by atoms with E-state index in [1.807, 2.05) is 19.9 Å². The molecule has 3 aliphatic rings. The van der Waals surface area contributed by atoms with Crippen LogP contribution in [0.2, 0.25) is 0 Å². The monoisotopic (exact) mass is 879 g/mol. The zero-order valence-electron chi connectivity index (χ0n) is 38.5. The number of methoxy groups -OCH3 is 2. The molecule has 0 amide bonds. The van der Waals surface area contributed by atoms with Gasteiger partial charge in [-0.25, -0.2) is 4.79 Å². The smallest absolute Gasteiger partial charge is 0.330 e. The van der Waals surface area contributed by atoms with Gasteiger partial charge in [-0.15, -0.1) is 0 Å². The average molecular weight is 880 g/mol. The molecule has 2 saturated heterocycles. The van der Waals surface area contributed by atoms with E-state index < -0.39 is 121 Å². The molecule has 17 nitrogen and oxygen atoms in total. The first kappa shape index (κ1) is 52.5. The van der Waals surface area contributed by atoms with Gasteiger partial charge in [0.25, 0.3) is 0 Å². The molecule has 62 heavy (non-hydrogen) atoms. The van der Waals surface area contributed by atoms with Crippen LogP contribution in [-0.4, -0.2) is 149 Å². The number of ether oxygens (including phenoxy) is 10. The van der Waals surface area contributed by atoms with E-state index in [2.05, 4.69) is 0 Å². The van der Waals surface area contributed by atoms with E-state index in [9.17, 15) is 28.8 Å². The van der Waals surface area contributed by atoms with Crippen molar-refractivity contribution in [3.05, 3.63) is 36.0 Å². The molecule has 3 rings (SSSR count). The summed E-state index contributed by atoms with van der Waals surface area (Å²) in [6, 6.07) is -0.689. The highest BCUT2D eigenvalue weighted by Gasteiger charge is 2.51.